The highest BCUT2D eigenvalue weighted by atomic mass is 16.5. The van der Waals surface area contributed by atoms with Gasteiger partial charge < -0.3 is 14.0 Å². The maximum absolute atomic E-state index is 5.42. The number of ether oxygens (including phenoxy) is 2. The Kier molecular flexibility index (Phi) is 3.42. The maximum Gasteiger partial charge on any atom is 0.119 e. The lowest BCUT2D eigenvalue weighted by Gasteiger charge is -2.08. The smallest absolute Gasteiger partial charge is 0.119 e. The standard InChI is InChI=1S/C21H19NO2/c1-14-4-6-15(7-5-14)22-20-10-8-16(23-2)12-18(20)19-13-17(24-3)9-11-21(19)22/h4-13H,1-3H3. The molecule has 4 rings (SSSR count). The average Bonchev–Trinajstić information content (AvgIpc) is 2.95. The lowest BCUT2D eigenvalue weighted by molar-refractivity contribution is 0.415. The highest BCUT2D eigenvalue weighted by Gasteiger charge is 2.13. The van der Waals surface area contributed by atoms with Crippen molar-refractivity contribution in [2.45, 2.75) is 6.92 Å². The molecule has 1 aromatic heterocycles. The van der Waals surface area contributed by atoms with Gasteiger partial charge in [0.15, 0.2) is 0 Å². The van der Waals surface area contributed by atoms with E-state index in [1.165, 1.54) is 5.56 Å². The summed E-state index contributed by atoms with van der Waals surface area (Å²) < 4.78 is 13.1. The van der Waals surface area contributed by atoms with Gasteiger partial charge in [0.1, 0.15) is 11.5 Å². The predicted octanol–water partition coefficient (Wildman–Crippen LogP) is 5.11. The molecule has 1 heterocycles. The number of rotatable bonds is 3. The van der Waals surface area contributed by atoms with Crippen LogP contribution in [0.15, 0.2) is 60.7 Å². The molecule has 0 aliphatic rings. The fourth-order valence-electron chi connectivity index (χ4n) is 3.21. The molecule has 0 amide bonds. The van der Waals surface area contributed by atoms with Crippen LogP contribution in [0.5, 0.6) is 11.5 Å². The molecule has 4 aromatic rings. The SMILES string of the molecule is COc1ccc2c(c1)c1cc(OC)ccc1n2-c1ccc(C)cc1. The van der Waals surface area contributed by atoms with Crippen molar-refractivity contribution in [1.82, 2.24) is 4.57 Å². The summed E-state index contributed by atoms with van der Waals surface area (Å²) >= 11 is 0. The van der Waals surface area contributed by atoms with Crippen molar-refractivity contribution in [3.8, 4) is 17.2 Å². The van der Waals surface area contributed by atoms with Crippen molar-refractivity contribution in [3.63, 3.8) is 0 Å². The Labute approximate surface area is 141 Å². The minimum atomic E-state index is 0.855. The molecule has 0 spiro atoms. The second kappa shape index (κ2) is 5.60. The van der Waals surface area contributed by atoms with Crippen molar-refractivity contribution in [3.05, 3.63) is 66.2 Å². The summed E-state index contributed by atoms with van der Waals surface area (Å²) in [5.74, 6) is 1.71. The van der Waals surface area contributed by atoms with Gasteiger partial charge in [0.25, 0.3) is 0 Å². The second-order valence-corrected chi connectivity index (χ2v) is 5.94. The highest BCUT2D eigenvalue weighted by Crippen LogP contribution is 2.36. The molecule has 0 saturated carbocycles. The van der Waals surface area contributed by atoms with Crippen LogP contribution < -0.4 is 9.47 Å². The van der Waals surface area contributed by atoms with Crippen LogP contribution in [0.1, 0.15) is 5.56 Å². The fourth-order valence-corrected chi connectivity index (χ4v) is 3.21. The Morgan fingerprint density at radius 1 is 0.667 bits per heavy atom. The van der Waals surface area contributed by atoms with Gasteiger partial charge >= 0.3 is 0 Å². The quantitative estimate of drug-likeness (QED) is 0.524. The van der Waals surface area contributed by atoms with Gasteiger partial charge in [0.05, 0.1) is 25.3 Å². The molecule has 0 fully saturated rings. The van der Waals surface area contributed by atoms with E-state index in [4.69, 9.17) is 9.47 Å². The second-order valence-electron chi connectivity index (χ2n) is 5.94. The van der Waals surface area contributed by atoms with Crippen molar-refractivity contribution < 1.29 is 9.47 Å². The average molecular weight is 317 g/mol. The molecular formula is C21H19NO2. The van der Waals surface area contributed by atoms with Crippen molar-refractivity contribution in [1.29, 1.82) is 0 Å². The number of nitrogens with zero attached hydrogens (tertiary/aromatic N) is 1. The van der Waals surface area contributed by atoms with Gasteiger partial charge in [-0.3, -0.25) is 0 Å². The summed E-state index contributed by atoms with van der Waals surface area (Å²) in [7, 11) is 3.39. The zero-order valence-corrected chi connectivity index (χ0v) is 14.0. The maximum atomic E-state index is 5.42. The monoisotopic (exact) mass is 317 g/mol. The fraction of sp³-hybridized carbons (Fsp3) is 0.143. The first-order valence-corrected chi connectivity index (χ1v) is 7.94. The summed E-state index contributed by atoms with van der Waals surface area (Å²) in [5.41, 5.74) is 4.71. The van der Waals surface area contributed by atoms with Gasteiger partial charge in [-0.25, -0.2) is 0 Å². The molecule has 0 bridgehead atoms. The molecule has 0 aliphatic heterocycles. The number of aryl methyl sites for hydroxylation is 1. The van der Waals surface area contributed by atoms with Crippen LogP contribution in [0, 0.1) is 6.92 Å². The zero-order valence-electron chi connectivity index (χ0n) is 14.0. The first-order chi connectivity index (χ1) is 11.7. The molecule has 0 unspecified atom stereocenters. The topological polar surface area (TPSA) is 23.4 Å². The summed E-state index contributed by atoms with van der Waals surface area (Å²) in [5, 5.41) is 2.31. The first kappa shape index (κ1) is 14.6. The van der Waals surface area contributed by atoms with Crippen molar-refractivity contribution in [2.75, 3.05) is 14.2 Å². The van der Waals surface area contributed by atoms with Crippen LogP contribution in [-0.4, -0.2) is 18.8 Å². The van der Waals surface area contributed by atoms with Gasteiger partial charge in [0, 0.05) is 16.5 Å². The number of methoxy groups -OCH3 is 2. The van der Waals surface area contributed by atoms with E-state index in [9.17, 15) is 0 Å². The van der Waals surface area contributed by atoms with Crippen LogP contribution in [0.2, 0.25) is 0 Å². The van der Waals surface area contributed by atoms with E-state index in [2.05, 4.69) is 60.0 Å². The number of aromatic nitrogens is 1. The van der Waals surface area contributed by atoms with E-state index in [0.717, 1.165) is 39.0 Å². The molecule has 3 heteroatoms. The molecule has 0 atom stereocenters. The van der Waals surface area contributed by atoms with Crippen LogP contribution in [0.25, 0.3) is 27.5 Å². The Balaban J connectivity index is 2.12. The van der Waals surface area contributed by atoms with E-state index in [0.29, 0.717) is 0 Å². The van der Waals surface area contributed by atoms with E-state index in [1.807, 2.05) is 12.1 Å². The number of hydrogen-bond acceptors (Lipinski definition) is 2. The van der Waals surface area contributed by atoms with Gasteiger partial charge in [0.2, 0.25) is 0 Å². The largest absolute Gasteiger partial charge is 0.497 e. The molecule has 24 heavy (non-hydrogen) atoms. The Bertz CT molecular complexity index is 968. The number of benzene rings is 3. The van der Waals surface area contributed by atoms with Crippen LogP contribution in [-0.2, 0) is 0 Å². The normalized spacial score (nSPS) is 11.1. The van der Waals surface area contributed by atoms with Gasteiger partial charge in [-0.2, -0.15) is 0 Å². The van der Waals surface area contributed by atoms with E-state index in [1.54, 1.807) is 14.2 Å². The lowest BCUT2D eigenvalue weighted by Crippen LogP contribution is -1.93. The number of fused-ring (bicyclic) bond motifs is 3. The molecule has 0 N–H and O–H groups in total. The van der Waals surface area contributed by atoms with Crippen LogP contribution >= 0.6 is 0 Å². The van der Waals surface area contributed by atoms with Crippen molar-refractivity contribution in [2.24, 2.45) is 0 Å². The molecule has 0 radical (unpaired) electrons. The predicted molar refractivity (Wildman–Crippen MR) is 98.6 cm³/mol. The Morgan fingerprint density at radius 2 is 1.17 bits per heavy atom. The third kappa shape index (κ3) is 2.21. The molecule has 3 aromatic carbocycles. The zero-order chi connectivity index (χ0) is 16.7. The summed E-state index contributed by atoms with van der Waals surface area (Å²) in [6.07, 6.45) is 0. The van der Waals surface area contributed by atoms with Gasteiger partial charge in [-0.15, -0.1) is 0 Å². The summed E-state index contributed by atoms with van der Waals surface area (Å²) in [4.78, 5) is 0. The summed E-state index contributed by atoms with van der Waals surface area (Å²) in [6.45, 7) is 2.10. The van der Waals surface area contributed by atoms with Gasteiger partial charge in [-0.05, 0) is 55.5 Å². The third-order valence-electron chi connectivity index (χ3n) is 4.47. The Morgan fingerprint density at radius 3 is 1.62 bits per heavy atom. The van der Waals surface area contributed by atoms with Crippen molar-refractivity contribution >= 4 is 21.8 Å². The first-order valence-electron chi connectivity index (χ1n) is 7.94. The van der Waals surface area contributed by atoms with Crippen LogP contribution in [0.4, 0.5) is 0 Å². The molecule has 0 aliphatic carbocycles. The molecule has 3 nitrogen and oxygen atoms in total. The molecule has 0 saturated heterocycles. The minimum absolute atomic E-state index is 0.855. The van der Waals surface area contributed by atoms with E-state index < -0.39 is 0 Å². The third-order valence-corrected chi connectivity index (χ3v) is 4.47. The Hall–Kier alpha value is -2.94. The molecular weight excluding hydrogens is 298 g/mol. The van der Waals surface area contributed by atoms with Gasteiger partial charge in [-0.1, -0.05) is 17.7 Å². The number of hydrogen-bond donors (Lipinski definition) is 0. The van der Waals surface area contributed by atoms with E-state index >= 15 is 0 Å². The summed E-state index contributed by atoms with van der Waals surface area (Å²) in [6, 6.07) is 21.0. The van der Waals surface area contributed by atoms with Crippen LogP contribution in [0.3, 0.4) is 0 Å². The highest BCUT2D eigenvalue weighted by molar-refractivity contribution is 6.10. The lowest BCUT2D eigenvalue weighted by atomic mass is 10.1. The van der Waals surface area contributed by atoms with E-state index in [-0.39, 0.29) is 0 Å². The minimum Gasteiger partial charge on any atom is -0.497 e. The molecule has 120 valence electrons.